The van der Waals surface area contributed by atoms with Crippen molar-refractivity contribution in [2.75, 3.05) is 39.6 Å². The van der Waals surface area contributed by atoms with E-state index in [0.717, 1.165) is 102 Å². The monoisotopic (exact) mass is 1420 g/mol. The van der Waals surface area contributed by atoms with Crippen LogP contribution in [-0.2, 0) is 65.4 Å². The Morgan fingerprint density at radius 2 is 0.474 bits per heavy atom. The fourth-order valence-electron chi connectivity index (χ4n) is 12.1. The predicted molar refractivity (Wildman–Crippen MR) is 395 cm³/mol. The Hall–Kier alpha value is -1.94. The minimum Gasteiger partial charge on any atom is -0.462 e. The Morgan fingerprint density at radius 3 is 0.701 bits per heavy atom. The summed E-state index contributed by atoms with van der Waals surface area (Å²) in [6, 6.07) is 0. The number of aliphatic hydroxyl groups is 1. The van der Waals surface area contributed by atoms with E-state index in [1.807, 2.05) is 0 Å². The van der Waals surface area contributed by atoms with Crippen LogP contribution in [0.15, 0.2) is 0 Å². The number of carbonyl (C=O) groups is 4. The lowest BCUT2D eigenvalue weighted by atomic mass is 10.0. The lowest BCUT2D eigenvalue weighted by Gasteiger charge is -2.21. The first kappa shape index (κ1) is 95.1. The van der Waals surface area contributed by atoms with Crippen molar-refractivity contribution in [2.24, 2.45) is 5.92 Å². The quantitative estimate of drug-likeness (QED) is 0.0222. The van der Waals surface area contributed by atoms with Crippen LogP contribution < -0.4 is 0 Å². The molecule has 0 fully saturated rings. The number of phosphoric acid groups is 2. The summed E-state index contributed by atoms with van der Waals surface area (Å²) in [4.78, 5) is 72.8. The standard InChI is InChI=1S/C78H152O17P2/c1-6-9-12-15-18-21-23-25-26-27-28-29-30-31-36-40-44-49-54-59-64-78(83)95-74(68-89-76(81)62-57-52-47-42-39-35-33-32-34-37-41-45-50-55-60-71(4)5)70-93-97(86,87)91-66-72(79)65-90-96(84,85)92-69-73(67-88-75(80)61-56-51-46-20-17-14-11-8-3)94-77(82)63-58-53-48-43-38-24-22-19-16-13-10-7-2/h71-74,79H,6-70H2,1-5H3,(H,84,85)(H,86,87)/t72-,73+,74+/m0/s1. The average Bonchev–Trinajstić information content (AvgIpc) is 1.72. The zero-order valence-electron chi connectivity index (χ0n) is 63.2. The highest BCUT2D eigenvalue weighted by Crippen LogP contribution is 2.45. The molecule has 3 N–H and O–H groups in total. The van der Waals surface area contributed by atoms with Crippen LogP contribution in [-0.4, -0.2) is 96.7 Å². The van der Waals surface area contributed by atoms with Gasteiger partial charge >= 0.3 is 39.5 Å². The zero-order chi connectivity index (χ0) is 71.2. The summed E-state index contributed by atoms with van der Waals surface area (Å²) in [5.74, 6) is -1.31. The summed E-state index contributed by atoms with van der Waals surface area (Å²) in [5.41, 5.74) is 0. The fourth-order valence-corrected chi connectivity index (χ4v) is 13.6. The van der Waals surface area contributed by atoms with Gasteiger partial charge in [0.2, 0.25) is 0 Å². The second kappa shape index (κ2) is 71.1. The minimum atomic E-state index is -4.96. The van der Waals surface area contributed by atoms with E-state index in [4.69, 9.17) is 37.0 Å². The van der Waals surface area contributed by atoms with E-state index in [1.54, 1.807) is 0 Å². The van der Waals surface area contributed by atoms with Crippen LogP contribution in [0.2, 0.25) is 0 Å². The van der Waals surface area contributed by atoms with E-state index in [-0.39, 0.29) is 25.7 Å². The summed E-state index contributed by atoms with van der Waals surface area (Å²) in [6.07, 6.45) is 61.1. The molecule has 0 aliphatic rings. The van der Waals surface area contributed by atoms with Gasteiger partial charge in [-0.25, -0.2) is 9.13 Å². The van der Waals surface area contributed by atoms with Crippen LogP contribution in [0.25, 0.3) is 0 Å². The molecule has 0 aromatic carbocycles. The molecule has 0 spiro atoms. The number of hydrogen-bond acceptors (Lipinski definition) is 15. The molecular formula is C78H152O17P2. The number of hydrogen-bond donors (Lipinski definition) is 3. The van der Waals surface area contributed by atoms with Gasteiger partial charge in [0.05, 0.1) is 26.4 Å². The summed E-state index contributed by atoms with van der Waals surface area (Å²) >= 11 is 0. The van der Waals surface area contributed by atoms with Crippen molar-refractivity contribution in [1.82, 2.24) is 0 Å². The molecular weight excluding hydrogens is 1270 g/mol. The average molecular weight is 1420 g/mol. The van der Waals surface area contributed by atoms with Crippen molar-refractivity contribution in [3.63, 3.8) is 0 Å². The Morgan fingerprint density at radius 1 is 0.278 bits per heavy atom. The van der Waals surface area contributed by atoms with Crippen molar-refractivity contribution in [1.29, 1.82) is 0 Å². The van der Waals surface area contributed by atoms with Gasteiger partial charge in [-0.15, -0.1) is 0 Å². The Bertz CT molecular complexity index is 1860. The highest BCUT2D eigenvalue weighted by atomic mass is 31.2. The van der Waals surface area contributed by atoms with Gasteiger partial charge in [-0.1, -0.05) is 362 Å². The second-order valence-electron chi connectivity index (χ2n) is 28.6. The van der Waals surface area contributed by atoms with E-state index >= 15 is 0 Å². The maximum absolute atomic E-state index is 13.1. The van der Waals surface area contributed by atoms with E-state index in [1.165, 1.54) is 231 Å². The molecule has 0 radical (unpaired) electrons. The zero-order valence-corrected chi connectivity index (χ0v) is 65.0. The molecule has 17 nitrogen and oxygen atoms in total. The first-order chi connectivity index (χ1) is 47.0. The molecule has 0 bridgehead atoms. The van der Waals surface area contributed by atoms with Crippen LogP contribution in [0.4, 0.5) is 0 Å². The largest absolute Gasteiger partial charge is 0.472 e. The van der Waals surface area contributed by atoms with Gasteiger partial charge in [-0.2, -0.15) is 0 Å². The highest BCUT2D eigenvalue weighted by Gasteiger charge is 2.30. The molecule has 0 aromatic rings. The van der Waals surface area contributed by atoms with E-state index in [9.17, 15) is 43.2 Å². The van der Waals surface area contributed by atoms with Gasteiger partial charge in [-0.05, 0) is 31.6 Å². The van der Waals surface area contributed by atoms with E-state index < -0.39 is 97.5 Å². The van der Waals surface area contributed by atoms with Crippen LogP contribution in [0, 0.1) is 5.92 Å². The van der Waals surface area contributed by atoms with Crippen molar-refractivity contribution < 1.29 is 80.2 Å². The molecule has 19 heteroatoms. The predicted octanol–water partition coefficient (Wildman–Crippen LogP) is 23.3. The Labute approximate surface area is 594 Å². The molecule has 97 heavy (non-hydrogen) atoms. The Balaban J connectivity index is 5.19. The molecule has 0 saturated carbocycles. The highest BCUT2D eigenvalue weighted by molar-refractivity contribution is 7.47. The van der Waals surface area contributed by atoms with Crippen LogP contribution >= 0.6 is 15.6 Å². The van der Waals surface area contributed by atoms with Crippen LogP contribution in [0.3, 0.4) is 0 Å². The van der Waals surface area contributed by atoms with Crippen molar-refractivity contribution in [3.8, 4) is 0 Å². The van der Waals surface area contributed by atoms with Crippen molar-refractivity contribution in [3.05, 3.63) is 0 Å². The molecule has 0 saturated heterocycles. The first-order valence-corrected chi connectivity index (χ1v) is 43.6. The lowest BCUT2D eigenvalue weighted by Crippen LogP contribution is -2.30. The molecule has 0 heterocycles. The van der Waals surface area contributed by atoms with Gasteiger partial charge in [0, 0.05) is 25.7 Å². The topological polar surface area (TPSA) is 237 Å². The SMILES string of the molecule is CCCCCCCCCCCCCCCCCCCCCCC(=O)O[C@H](COC(=O)CCCCCCCCCCCCCCCCC(C)C)COP(=O)(O)OC[C@@H](O)COP(=O)(O)OC[C@@H](COC(=O)CCCCCCCCCC)OC(=O)CCCCCCCCCCCCCC. The Kier molecular flexibility index (Phi) is 69.6. The molecule has 0 aliphatic heterocycles. The number of carbonyl (C=O) groups excluding carboxylic acids is 4. The minimum absolute atomic E-state index is 0.108. The van der Waals surface area contributed by atoms with Gasteiger partial charge in [0.25, 0.3) is 0 Å². The normalized spacial score (nSPS) is 13.9. The fraction of sp³-hybridized carbons (Fsp3) is 0.949. The van der Waals surface area contributed by atoms with Gasteiger partial charge in [-0.3, -0.25) is 37.3 Å². The molecule has 0 rings (SSSR count). The summed E-state index contributed by atoms with van der Waals surface area (Å²) in [6.45, 7) is 7.30. The molecule has 0 aromatic heterocycles. The van der Waals surface area contributed by atoms with E-state index in [2.05, 4.69) is 34.6 Å². The third-order valence-electron chi connectivity index (χ3n) is 18.3. The molecule has 5 atom stereocenters. The maximum atomic E-state index is 13.1. The van der Waals surface area contributed by atoms with Crippen LogP contribution in [0.1, 0.15) is 413 Å². The van der Waals surface area contributed by atoms with E-state index in [0.29, 0.717) is 25.7 Å². The number of rotatable bonds is 78. The maximum Gasteiger partial charge on any atom is 0.472 e. The second-order valence-corrected chi connectivity index (χ2v) is 31.5. The molecule has 2 unspecified atom stereocenters. The van der Waals surface area contributed by atoms with Crippen LogP contribution in [0.5, 0.6) is 0 Å². The van der Waals surface area contributed by atoms with Crippen molar-refractivity contribution in [2.45, 2.75) is 432 Å². The third kappa shape index (κ3) is 72.2. The number of esters is 4. The van der Waals surface area contributed by atoms with Gasteiger partial charge in [0.15, 0.2) is 12.2 Å². The molecule has 0 amide bonds. The van der Waals surface area contributed by atoms with Gasteiger partial charge in [0.1, 0.15) is 19.3 Å². The summed E-state index contributed by atoms with van der Waals surface area (Å²) < 4.78 is 68.5. The number of aliphatic hydroxyl groups excluding tert-OH is 1. The number of unbranched alkanes of at least 4 members (excludes halogenated alkanes) is 50. The summed E-state index contributed by atoms with van der Waals surface area (Å²) in [5, 5.41) is 10.6. The first-order valence-electron chi connectivity index (χ1n) is 40.6. The van der Waals surface area contributed by atoms with Gasteiger partial charge < -0.3 is 33.8 Å². The summed E-state index contributed by atoms with van der Waals surface area (Å²) in [7, 11) is -9.91. The third-order valence-corrected chi connectivity index (χ3v) is 20.2. The lowest BCUT2D eigenvalue weighted by molar-refractivity contribution is -0.161. The molecule has 576 valence electrons. The van der Waals surface area contributed by atoms with Crippen molar-refractivity contribution >= 4 is 39.5 Å². The molecule has 0 aliphatic carbocycles. The smallest absolute Gasteiger partial charge is 0.462 e. The number of phosphoric ester groups is 2. The number of ether oxygens (including phenoxy) is 4.